The molecule has 0 bridgehead atoms. The van der Waals surface area contributed by atoms with Crippen molar-refractivity contribution in [3.63, 3.8) is 0 Å². The lowest BCUT2D eigenvalue weighted by molar-refractivity contribution is 0.224. The second-order valence-electron chi connectivity index (χ2n) is 7.09. The van der Waals surface area contributed by atoms with Gasteiger partial charge in [0.25, 0.3) is 0 Å². The standard InChI is InChI=1S/C21H22ClN3O/c1-14(2)21-23-11-16-12-25(9-8-19(16)24-21)13-18-6-7-20(26-18)15-4-3-5-17(22)10-15/h3-7,10-11,14H,8-9,12-13H2,1-2H3. The zero-order valence-corrected chi connectivity index (χ0v) is 15.8. The topological polar surface area (TPSA) is 42.2 Å². The van der Waals surface area contributed by atoms with E-state index in [-0.39, 0.29) is 0 Å². The van der Waals surface area contributed by atoms with E-state index >= 15 is 0 Å². The van der Waals surface area contributed by atoms with Gasteiger partial charge in [0, 0.05) is 53.5 Å². The molecule has 1 aromatic carbocycles. The van der Waals surface area contributed by atoms with Crippen molar-refractivity contribution in [3.05, 3.63) is 70.5 Å². The third-order valence-corrected chi connectivity index (χ3v) is 4.93. The average Bonchev–Trinajstić information content (AvgIpc) is 3.09. The normalized spacial score (nSPS) is 14.6. The molecule has 3 heterocycles. The Hall–Kier alpha value is -2.17. The Kier molecular flexibility index (Phi) is 4.79. The van der Waals surface area contributed by atoms with E-state index in [1.807, 2.05) is 42.6 Å². The minimum Gasteiger partial charge on any atom is -0.460 e. The van der Waals surface area contributed by atoms with Crippen molar-refractivity contribution in [1.82, 2.24) is 14.9 Å². The molecule has 0 unspecified atom stereocenters. The quantitative estimate of drug-likeness (QED) is 0.645. The second kappa shape index (κ2) is 7.22. The van der Waals surface area contributed by atoms with E-state index in [0.29, 0.717) is 10.9 Å². The van der Waals surface area contributed by atoms with Gasteiger partial charge in [-0.15, -0.1) is 0 Å². The molecule has 1 aliphatic heterocycles. The zero-order chi connectivity index (χ0) is 18.1. The Bertz CT molecular complexity index is 919. The summed E-state index contributed by atoms with van der Waals surface area (Å²) in [5.41, 5.74) is 3.42. The summed E-state index contributed by atoms with van der Waals surface area (Å²) < 4.78 is 6.03. The van der Waals surface area contributed by atoms with Gasteiger partial charge in [0.1, 0.15) is 17.3 Å². The summed E-state index contributed by atoms with van der Waals surface area (Å²) in [7, 11) is 0. The number of hydrogen-bond donors (Lipinski definition) is 0. The molecule has 2 aromatic heterocycles. The van der Waals surface area contributed by atoms with Crippen molar-refractivity contribution in [2.75, 3.05) is 6.54 Å². The third kappa shape index (κ3) is 3.67. The highest BCUT2D eigenvalue weighted by Crippen LogP contribution is 2.26. The van der Waals surface area contributed by atoms with Crippen molar-refractivity contribution < 1.29 is 4.42 Å². The molecule has 4 nitrogen and oxygen atoms in total. The highest BCUT2D eigenvalue weighted by atomic mass is 35.5. The van der Waals surface area contributed by atoms with E-state index in [4.69, 9.17) is 21.0 Å². The van der Waals surface area contributed by atoms with Crippen LogP contribution in [0.2, 0.25) is 5.02 Å². The van der Waals surface area contributed by atoms with Gasteiger partial charge in [0.15, 0.2) is 0 Å². The molecule has 5 heteroatoms. The van der Waals surface area contributed by atoms with Gasteiger partial charge in [0.2, 0.25) is 0 Å². The van der Waals surface area contributed by atoms with Crippen LogP contribution >= 0.6 is 11.6 Å². The Morgan fingerprint density at radius 2 is 2.12 bits per heavy atom. The van der Waals surface area contributed by atoms with E-state index in [9.17, 15) is 0 Å². The van der Waals surface area contributed by atoms with Crippen LogP contribution in [-0.2, 0) is 19.5 Å². The average molecular weight is 368 g/mol. The van der Waals surface area contributed by atoms with E-state index in [1.54, 1.807) is 0 Å². The van der Waals surface area contributed by atoms with E-state index in [0.717, 1.165) is 49.0 Å². The largest absolute Gasteiger partial charge is 0.460 e. The lowest BCUT2D eigenvalue weighted by Crippen LogP contribution is -2.31. The highest BCUT2D eigenvalue weighted by Gasteiger charge is 2.20. The smallest absolute Gasteiger partial charge is 0.134 e. The van der Waals surface area contributed by atoms with Gasteiger partial charge in [-0.3, -0.25) is 4.90 Å². The zero-order valence-electron chi connectivity index (χ0n) is 15.1. The van der Waals surface area contributed by atoms with Crippen molar-refractivity contribution in [3.8, 4) is 11.3 Å². The predicted octanol–water partition coefficient (Wildman–Crippen LogP) is 5.07. The van der Waals surface area contributed by atoms with Crippen LogP contribution in [-0.4, -0.2) is 21.4 Å². The number of hydrogen-bond acceptors (Lipinski definition) is 4. The fourth-order valence-electron chi connectivity index (χ4n) is 3.28. The molecule has 0 N–H and O–H groups in total. The fraction of sp³-hybridized carbons (Fsp3) is 0.333. The van der Waals surface area contributed by atoms with Crippen LogP contribution in [0.5, 0.6) is 0 Å². The molecule has 0 atom stereocenters. The van der Waals surface area contributed by atoms with Crippen LogP contribution in [0.25, 0.3) is 11.3 Å². The number of furan rings is 1. The lowest BCUT2D eigenvalue weighted by atomic mass is 10.1. The van der Waals surface area contributed by atoms with Crippen molar-refractivity contribution in [1.29, 1.82) is 0 Å². The number of nitrogens with zero attached hydrogens (tertiary/aromatic N) is 3. The third-order valence-electron chi connectivity index (χ3n) is 4.70. The molecular formula is C21H22ClN3O. The van der Waals surface area contributed by atoms with Gasteiger partial charge in [-0.1, -0.05) is 37.6 Å². The van der Waals surface area contributed by atoms with Crippen molar-refractivity contribution in [2.24, 2.45) is 0 Å². The van der Waals surface area contributed by atoms with E-state index in [2.05, 4.69) is 23.7 Å². The van der Waals surface area contributed by atoms with Gasteiger partial charge in [-0.05, 0) is 24.3 Å². The SMILES string of the molecule is CC(C)c1ncc2c(n1)CCN(Cc1ccc(-c3cccc(Cl)c3)o1)C2. The fourth-order valence-corrected chi connectivity index (χ4v) is 3.47. The Labute approximate surface area is 158 Å². The first kappa shape index (κ1) is 17.3. The maximum atomic E-state index is 6.07. The van der Waals surface area contributed by atoms with Crippen LogP contribution in [0.15, 0.2) is 47.0 Å². The second-order valence-corrected chi connectivity index (χ2v) is 7.53. The van der Waals surface area contributed by atoms with Gasteiger partial charge in [0.05, 0.1) is 6.54 Å². The Morgan fingerprint density at radius 3 is 2.92 bits per heavy atom. The Morgan fingerprint density at radius 1 is 1.23 bits per heavy atom. The molecule has 1 aliphatic rings. The molecule has 0 fully saturated rings. The molecule has 3 aromatic rings. The number of halogens is 1. The maximum Gasteiger partial charge on any atom is 0.134 e. The predicted molar refractivity (Wildman–Crippen MR) is 103 cm³/mol. The number of benzene rings is 1. The lowest BCUT2D eigenvalue weighted by Gasteiger charge is -2.27. The highest BCUT2D eigenvalue weighted by molar-refractivity contribution is 6.30. The molecule has 134 valence electrons. The van der Waals surface area contributed by atoms with Gasteiger partial charge >= 0.3 is 0 Å². The van der Waals surface area contributed by atoms with Gasteiger partial charge < -0.3 is 4.42 Å². The van der Waals surface area contributed by atoms with Crippen LogP contribution in [0.1, 0.15) is 42.6 Å². The summed E-state index contributed by atoms with van der Waals surface area (Å²) in [4.78, 5) is 11.6. The van der Waals surface area contributed by atoms with Crippen molar-refractivity contribution >= 4 is 11.6 Å². The molecule has 0 spiro atoms. The molecule has 0 radical (unpaired) electrons. The monoisotopic (exact) mass is 367 g/mol. The molecule has 4 rings (SSSR count). The van der Waals surface area contributed by atoms with Crippen LogP contribution in [0.4, 0.5) is 0 Å². The summed E-state index contributed by atoms with van der Waals surface area (Å²) in [6.07, 6.45) is 2.95. The van der Waals surface area contributed by atoms with E-state index in [1.165, 1.54) is 11.3 Å². The first-order valence-corrected chi connectivity index (χ1v) is 9.38. The van der Waals surface area contributed by atoms with Gasteiger partial charge in [-0.2, -0.15) is 0 Å². The molecule has 0 saturated heterocycles. The molecule has 0 aliphatic carbocycles. The summed E-state index contributed by atoms with van der Waals surface area (Å²) in [6.45, 7) is 6.89. The first-order valence-electron chi connectivity index (χ1n) is 9.00. The number of fused-ring (bicyclic) bond motifs is 1. The van der Waals surface area contributed by atoms with E-state index < -0.39 is 0 Å². The van der Waals surface area contributed by atoms with Crippen LogP contribution in [0.3, 0.4) is 0 Å². The molecule has 26 heavy (non-hydrogen) atoms. The molecule has 0 saturated carbocycles. The minimum absolute atomic E-state index is 0.367. The Balaban J connectivity index is 1.46. The number of aromatic nitrogens is 2. The number of rotatable bonds is 4. The van der Waals surface area contributed by atoms with Crippen molar-refractivity contribution in [2.45, 2.75) is 39.3 Å². The summed E-state index contributed by atoms with van der Waals surface area (Å²) in [5, 5.41) is 0.717. The first-order chi connectivity index (χ1) is 12.6. The van der Waals surface area contributed by atoms with Gasteiger partial charge in [-0.25, -0.2) is 9.97 Å². The molecular weight excluding hydrogens is 346 g/mol. The summed E-state index contributed by atoms with van der Waals surface area (Å²) in [5.74, 6) is 3.12. The maximum absolute atomic E-state index is 6.07. The minimum atomic E-state index is 0.367. The van der Waals surface area contributed by atoms with Crippen LogP contribution < -0.4 is 0 Å². The summed E-state index contributed by atoms with van der Waals surface area (Å²) >= 11 is 6.07. The van der Waals surface area contributed by atoms with Crippen LogP contribution in [0, 0.1) is 0 Å². The summed E-state index contributed by atoms with van der Waals surface area (Å²) in [6, 6.07) is 11.8. The molecule has 0 amide bonds.